The largest absolute Gasteiger partial charge is 0.488 e. The molecule has 1 heterocycles. The molecule has 0 saturated carbocycles. The van der Waals surface area contributed by atoms with Crippen molar-refractivity contribution in [1.82, 2.24) is 5.32 Å². The Morgan fingerprint density at radius 1 is 1.17 bits per heavy atom. The third kappa shape index (κ3) is 3.81. The summed E-state index contributed by atoms with van der Waals surface area (Å²) in [6.45, 7) is 2.55. The van der Waals surface area contributed by atoms with Gasteiger partial charge in [-0.3, -0.25) is 4.79 Å². The average Bonchev–Trinajstić information content (AvgIpc) is 2.85. The van der Waals surface area contributed by atoms with Crippen LogP contribution in [0.15, 0.2) is 53.4 Å². The molecule has 1 aliphatic rings. The second-order valence-corrected chi connectivity index (χ2v) is 6.82. The zero-order valence-corrected chi connectivity index (χ0v) is 14.2. The number of thiocarbonyl (C=S) groups is 1. The first kappa shape index (κ1) is 15.8. The van der Waals surface area contributed by atoms with Gasteiger partial charge < -0.3 is 10.1 Å². The van der Waals surface area contributed by atoms with E-state index in [0.29, 0.717) is 15.8 Å². The van der Waals surface area contributed by atoms with Crippen LogP contribution in [0.25, 0.3) is 6.08 Å². The van der Waals surface area contributed by atoms with E-state index in [-0.39, 0.29) is 5.91 Å². The van der Waals surface area contributed by atoms with E-state index in [2.05, 4.69) is 24.4 Å². The van der Waals surface area contributed by atoms with E-state index in [1.165, 1.54) is 17.3 Å². The summed E-state index contributed by atoms with van der Waals surface area (Å²) in [7, 11) is 0. The van der Waals surface area contributed by atoms with Crippen molar-refractivity contribution < 1.29 is 9.53 Å². The molecule has 116 valence electrons. The summed E-state index contributed by atoms with van der Waals surface area (Å²) in [5, 5.41) is 2.62. The minimum atomic E-state index is -0.159. The molecular formula is C18H15NO2S2. The number of aryl methyl sites for hydroxylation is 1. The number of carbonyl (C=O) groups excluding carboxylic acids is 1. The number of hydrogen-bond donors (Lipinski definition) is 1. The zero-order chi connectivity index (χ0) is 16.2. The Kier molecular flexibility index (Phi) is 4.79. The summed E-state index contributed by atoms with van der Waals surface area (Å²) in [6.07, 6.45) is 1.81. The maximum Gasteiger partial charge on any atom is 0.263 e. The third-order valence-electron chi connectivity index (χ3n) is 3.49. The molecule has 2 aromatic rings. The van der Waals surface area contributed by atoms with E-state index in [0.717, 1.165) is 16.9 Å². The lowest BCUT2D eigenvalue weighted by Gasteiger charge is -2.11. The lowest BCUT2D eigenvalue weighted by molar-refractivity contribution is -0.115. The van der Waals surface area contributed by atoms with Gasteiger partial charge in [0, 0.05) is 5.56 Å². The molecular weight excluding hydrogens is 326 g/mol. The number of thioether (sulfide) groups is 1. The Labute approximate surface area is 144 Å². The van der Waals surface area contributed by atoms with Crippen molar-refractivity contribution in [3.8, 4) is 5.75 Å². The highest BCUT2D eigenvalue weighted by Gasteiger charge is 2.22. The Morgan fingerprint density at radius 3 is 2.65 bits per heavy atom. The first-order valence-electron chi connectivity index (χ1n) is 7.14. The molecule has 1 saturated heterocycles. The van der Waals surface area contributed by atoms with Gasteiger partial charge in [0.2, 0.25) is 0 Å². The van der Waals surface area contributed by atoms with Gasteiger partial charge in [0.15, 0.2) is 0 Å². The van der Waals surface area contributed by atoms with E-state index in [4.69, 9.17) is 17.0 Å². The lowest BCUT2D eigenvalue weighted by Crippen LogP contribution is -2.17. The first-order valence-corrected chi connectivity index (χ1v) is 8.37. The average molecular weight is 341 g/mol. The predicted molar refractivity (Wildman–Crippen MR) is 98.3 cm³/mol. The number of benzene rings is 2. The first-order chi connectivity index (χ1) is 11.1. The highest BCUT2D eigenvalue weighted by Crippen LogP contribution is 2.29. The smallest absolute Gasteiger partial charge is 0.263 e. The van der Waals surface area contributed by atoms with Crippen molar-refractivity contribution in [3.05, 3.63) is 70.1 Å². The fourth-order valence-corrected chi connectivity index (χ4v) is 3.26. The van der Waals surface area contributed by atoms with Crippen molar-refractivity contribution in [1.29, 1.82) is 0 Å². The Balaban J connectivity index is 1.81. The molecule has 2 aromatic carbocycles. The summed E-state index contributed by atoms with van der Waals surface area (Å²) in [4.78, 5) is 12.4. The topological polar surface area (TPSA) is 38.3 Å². The normalized spacial score (nSPS) is 15.8. The number of para-hydroxylation sites is 1. The molecule has 0 aliphatic carbocycles. The summed E-state index contributed by atoms with van der Waals surface area (Å²) >= 11 is 6.28. The molecule has 3 nitrogen and oxygen atoms in total. The molecule has 1 aliphatic heterocycles. The van der Waals surface area contributed by atoms with Crippen LogP contribution in [0.1, 0.15) is 16.7 Å². The van der Waals surface area contributed by atoms with Crippen LogP contribution in [0.3, 0.4) is 0 Å². The SMILES string of the molecule is Cc1ccccc1COc1ccccc1/C=C1\SC(=S)NC1=O. The van der Waals surface area contributed by atoms with Crippen LogP contribution in [-0.2, 0) is 11.4 Å². The van der Waals surface area contributed by atoms with Gasteiger partial charge in [-0.05, 0) is 30.2 Å². The lowest BCUT2D eigenvalue weighted by atomic mass is 10.1. The minimum absolute atomic E-state index is 0.159. The zero-order valence-electron chi connectivity index (χ0n) is 12.5. The molecule has 0 bridgehead atoms. The Bertz CT molecular complexity index is 799. The van der Waals surface area contributed by atoms with Crippen LogP contribution in [-0.4, -0.2) is 10.2 Å². The Hall–Kier alpha value is -2.11. The number of ether oxygens (including phenoxy) is 1. The van der Waals surface area contributed by atoms with Crippen LogP contribution in [0, 0.1) is 6.92 Å². The second-order valence-electron chi connectivity index (χ2n) is 5.11. The molecule has 0 atom stereocenters. The van der Waals surface area contributed by atoms with Crippen molar-refractivity contribution >= 4 is 40.3 Å². The fourth-order valence-electron chi connectivity index (χ4n) is 2.22. The van der Waals surface area contributed by atoms with E-state index in [9.17, 15) is 4.79 Å². The second kappa shape index (κ2) is 6.98. The van der Waals surface area contributed by atoms with Crippen molar-refractivity contribution in [3.63, 3.8) is 0 Å². The molecule has 1 fully saturated rings. The number of rotatable bonds is 4. The number of amides is 1. The standard InChI is InChI=1S/C18H15NO2S2/c1-12-6-2-3-8-14(12)11-21-15-9-5-4-7-13(15)10-16-17(20)19-18(22)23-16/h2-10H,11H2,1H3,(H,19,20,22)/b16-10-. The quantitative estimate of drug-likeness (QED) is 0.672. The highest BCUT2D eigenvalue weighted by atomic mass is 32.2. The summed E-state index contributed by atoms with van der Waals surface area (Å²) in [5.41, 5.74) is 3.20. The Morgan fingerprint density at radius 2 is 1.91 bits per heavy atom. The van der Waals surface area contributed by atoms with Crippen molar-refractivity contribution in [2.24, 2.45) is 0 Å². The van der Waals surface area contributed by atoms with Gasteiger partial charge in [0.25, 0.3) is 5.91 Å². The van der Waals surface area contributed by atoms with Gasteiger partial charge in [-0.2, -0.15) is 0 Å². The van der Waals surface area contributed by atoms with E-state index < -0.39 is 0 Å². The number of nitrogens with one attached hydrogen (secondary N) is 1. The molecule has 1 amide bonds. The van der Waals surface area contributed by atoms with Gasteiger partial charge in [-0.1, -0.05) is 66.4 Å². The molecule has 23 heavy (non-hydrogen) atoms. The van der Waals surface area contributed by atoms with Crippen molar-refractivity contribution in [2.75, 3.05) is 0 Å². The van der Waals surface area contributed by atoms with Crippen LogP contribution < -0.4 is 10.1 Å². The molecule has 3 rings (SSSR count). The van der Waals surface area contributed by atoms with Crippen LogP contribution in [0.4, 0.5) is 0 Å². The molecule has 5 heteroatoms. The maximum atomic E-state index is 11.8. The minimum Gasteiger partial charge on any atom is -0.488 e. The molecule has 0 radical (unpaired) electrons. The summed E-state index contributed by atoms with van der Waals surface area (Å²) < 4.78 is 6.44. The number of carbonyl (C=O) groups is 1. The molecule has 0 spiro atoms. The van der Waals surface area contributed by atoms with Crippen molar-refractivity contribution in [2.45, 2.75) is 13.5 Å². The maximum absolute atomic E-state index is 11.8. The van der Waals surface area contributed by atoms with E-state index in [1.54, 1.807) is 0 Å². The number of hydrogen-bond acceptors (Lipinski definition) is 4. The van der Waals surface area contributed by atoms with E-state index >= 15 is 0 Å². The van der Waals surface area contributed by atoms with Crippen LogP contribution >= 0.6 is 24.0 Å². The summed E-state index contributed by atoms with van der Waals surface area (Å²) in [5.74, 6) is 0.586. The van der Waals surface area contributed by atoms with Gasteiger partial charge in [-0.25, -0.2) is 0 Å². The fraction of sp³-hybridized carbons (Fsp3) is 0.111. The van der Waals surface area contributed by atoms with Gasteiger partial charge >= 0.3 is 0 Å². The third-order valence-corrected chi connectivity index (χ3v) is 4.65. The molecule has 0 unspecified atom stereocenters. The van der Waals surface area contributed by atoms with Crippen LogP contribution in [0.5, 0.6) is 5.75 Å². The predicted octanol–water partition coefficient (Wildman–Crippen LogP) is 4.06. The summed E-state index contributed by atoms with van der Waals surface area (Å²) in [6, 6.07) is 15.8. The van der Waals surface area contributed by atoms with Gasteiger partial charge in [0.1, 0.15) is 16.7 Å². The highest BCUT2D eigenvalue weighted by molar-refractivity contribution is 8.26. The van der Waals surface area contributed by atoms with Crippen LogP contribution in [0.2, 0.25) is 0 Å². The molecule has 0 aromatic heterocycles. The van der Waals surface area contributed by atoms with Gasteiger partial charge in [-0.15, -0.1) is 0 Å². The van der Waals surface area contributed by atoms with Gasteiger partial charge in [0.05, 0.1) is 4.91 Å². The molecule has 1 N–H and O–H groups in total. The van der Waals surface area contributed by atoms with E-state index in [1.807, 2.05) is 42.5 Å². The monoisotopic (exact) mass is 341 g/mol.